The number of aliphatic hydroxyl groups excluding tert-OH is 1. The Labute approximate surface area is 130 Å². The van der Waals surface area contributed by atoms with Crippen LogP contribution in [-0.2, 0) is 0 Å². The Bertz CT molecular complexity index is 704. The fourth-order valence-corrected chi connectivity index (χ4v) is 3.50. The lowest BCUT2D eigenvalue weighted by molar-refractivity contribution is 0.0333. The summed E-state index contributed by atoms with van der Waals surface area (Å²) in [6.07, 6.45) is 2.02. The van der Waals surface area contributed by atoms with Crippen molar-refractivity contribution >= 4 is 16.9 Å². The molecule has 1 amide bonds. The number of piperidine rings is 1. The van der Waals surface area contributed by atoms with Gasteiger partial charge in [-0.15, -0.1) is 0 Å². The Balaban J connectivity index is 2.01. The van der Waals surface area contributed by atoms with Gasteiger partial charge in [0.05, 0.1) is 12.6 Å². The van der Waals surface area contributed by atoms with E-state index in [1.807, 2.05) is 32.0 Å². The highest BCUT2D eigenvalue weighted by atomic mass is 16.3. The Hall–Kier alpha value is -1.81. The molecular formula is C18H23NO3. The van der Waals surface area contributed by atoms with Crippen LogP contribution in [0.2, 0.25) is 0 Å². The van der Waals surface area contributed by atoms with Crippen molar-refractivity contribution in [2.24, 2.45) is 5.92 Å². The number of rotatable bonds is 2. The molecule has 4 heteroatoms. The maximum atomic E-state index is 12.9. The topological polar surface area (TPSA) is 53.7 Å². The molecule has 22 heavy (non-hydrogen) atoms. The van der Waals surface area contributed by atoms with Gasteiger partial charge in [0.25, 0.3) is 5.91 Å². The normalized spacial score (nSPS) is 22.3. The fourth-order valence-electron chi connectivity index (χ4n) is 3.50. The van der Waals surface area contributed by atoms with Gasteiger partial charge in [-0.1, -0.05) is 25.1 Å². The minimum atomic E-state index is -0.116. The zero-order chi connectivity index (χ0) is 15.9. The van der Waals surface area contributed by atoms with E-state index in [2.05, 4.69) is 6.92 Å². The van der Waals surface area contributed by atoms with Crippen LogP contribution in [0.25, 0.3) is 11.0 Å². The van der Waals surface area contributed by atoms with E-state index in [1.54, 1.807) is 4.90 Å². The lowest BCUT2D eigenvalue weighted by Crippen LogP contribution is -2.49. The van der Waals surface area contributed by atoms with E-state index in [1.165, 1.54) is 0 Å². The van der Waals surface area contributed by atoms with E-state index in [0.29, 0.717) is 18.2 Å². The van der Waals surface area contributed by atoms with E-state index in [-0.39, 0.29) is 18.6 Å². The zero-order valence-electron chi connectivity index (χ0n) is 13.4. The highest BCUT2D eigenvalue weighted by Crippen LogP contribution is 2.31. The van der Waals surface area contributed by atoms with Crippen LogP contribution in [-0.4, -0.2) is 35.1 Å². The lowest BCUT2D eigenvalue weighted by Gasteiger charge is -2.38. The van der Waals surface area contributed by atoms with E-state index in [0.717, 1.165) is 34.9 Å². The van der Waals surface area contributed by atoms with Gasteiger partial charge in [-0.3, -0.25) is 4.79 Å². The molecule has 1 aromatic heterocycles. The van der Waals surface area contributed by atoms with Crippen molar-refractivity contribution < 1.29 is 14.3 Å². The van der Waals surface area contributed by atoms with E-state index in [9.17, 15) is 9.90 Å². The van der Waals surface area contributed by atoms with Crippen LogP contribution in [0.4, 0.5) is 0 Å². The average Bonchev–Trinajstić information content (AvgIpc) is 2.85. The maximum Gasteiger partial charge on any atom is 0.290 e. The molecule has 2 aromatic rings. The molecule has 0 bridgehead atoms. The molecule has 4 nitrogen and oxygen atoms in total. The molecule has 1 fully saturated rings. The first-order chi connectivity index (χ1) is 10.5. The molecule has 0 radical (unpaired) electrons. The highest BCUT2D eigenvalue weighted by Gasteiger charge is 2.34. The van der Waals surface area contributed by atoms with Crippen LogP contribution in [0.1, 0.15) is 41.4 Å². The van der Waals surface area contributed by atoms with Crippen LogP contribution in [0.5, 0.6) is 0 Å². The van der Waals surface area contributed by atoms with Crippen LogP contribution in [0.3, 0.4) is 0 Å². The Morgan fingerprint density at radius 2 is 2.18 bits per heavy atom. The van der Waals surface area contributed by atoms with Crippen LogP contribution >= 0.6 is 0 Å². The molecule has 1 saturated heterocycles. The minimum absolute atomic E-state index is 0.00517. The molecule has 2 heterocycles. The van der Waals surface area contributed by atoms with Crippen molar-refractivity contribution in [3.05, 3.63) is 35.1 Å². The summed E-state index contributed by atoms with van der Waals surface area (Å²) in [5.41, 5.74) is 2.71. The van der Waals surface area contributed by atoms with Gasteiger partial charge in [0.2, 0.25) is 0 Å². The first-order valence-corrected chi connectivity index (χ1v) is 7.95. The van der Waals surface area contributed by atoms with Crippen molar-refractivity contribution in [1.29, 1.82) is 0 Å². The molecular weight excluding hydrogens is 278 g/mol. The van der Waals surface area contributed by atoms with Gasteiger partial charge in [0, 0.05) is 17.5 Å². The van der Waals surface area contributed by atoms with Gasteiger partial charge in [-0.25, -0.2) is 0 Å². The molecule has 118 valence electrons. The second-order valence-electron chi connectivity index (χ2n) is 6.38. The first kappa shape index (κ1) is 15.1. The predicted octanol–water partition coefficient (Wildman–Crippen LogP) is 3.28. The van der Waals surface area contributed by atoms with Gasteiger partial charge in [-0.2, -0.15) is 0 Å². The second kappa shape index (κ2) is 5.76. The van der Waals surface area contributed by atoms with E-state index in [4.69, 9.17) is 4.42 Å². The number of fused-ring (bicyclic) bond motifs is 1. The average molecular weight is 301 g/mol. The van der Waals surface area contributed by atoms with E-state index < -0.39 is 0 Å². The van der Waals surface area contributed by atoms with Gasteiger partial charge < -0.3 is 14.4 Å². The molecule has 1 aliphatic rings. The number of hydrogen-bond acceptors (Lipinski definition) is 3. The summed E-state index contributed by atoms with van der Waals surface area (Å²) >= 11 is 0. The predicted molar refractivity (Wildman–Crippen MR) is 86.0 cm³/mol. The van der Waals surface area contributed by atoms with Gasteiger partial charge in [0.15, 0.2) is 5.76 Å². The van der Waals surface area contributed by atoms with Crippen molar-refractivity contribution in [3.63, 3.8) is 0 Å². The number of benzene rings is 1. The van der Waals surface area contributed by atoms with Crippen LogP contribution < -0.4 is 0 Å². The molecule has 2 unspecified atom stereocenters. The lowest BCUT2D eigenvalue weighted by atomic mass is 9.91. The fraction of sp³-hybridized carbons (Fsp3) is 0.500. The summed E-state index contributed by atoms with van der Waals surface area (Å²) in [4.78, 5) is 14.7. The van der Waals surface area contributed by atoms with Crippen molar-refractivity contribution in [3.8, 4) is 0 Å². The Kier molecular flexibility index (Phi) is 3.96. The number of furan rings is 1. The molecule has 1 aromatic carbocycles. The third-order valence-electron chi connectivity index (χ3n) is 4.92. The molecule has 1 N–H and O–H groups in total. The third kappa shape index (κ3) is 2.31. The summed E-state index contributed by atoms with van der Waals surface area (Å²) in [7, 11) is 0. The van der Waals surface area contributed by atoms with E-state index >= 15 is 0 Å². The number of carbonyl (C=O) groups excluding carboxylic acids is 1. The van der Waals surface area contributed by atoms with Crippen LogP contribution in [0.15, 0.2) is 22.6 Å². The highest BCUT2D eigenvalue weighted by molar-refractivity contribution is 5.99. The largest absolute Gasteiger partial charge is 0.450 e. The summed E-state index contributed by atoms with van der Waals surface area (Å²) in [5, 5.41) is 10.7. The van der Waals surface area contributed by atoms with Gasteiger partial charge in [-0.05, 0) is 38.2 Å². The second-order valence-corrected chi connectivity index (χ2v) is 6.38. The van der Waals surface area contributed by atoms with Gasteiger partial charge in [0.1, 0.15) is 5.58 Å². The molecule has 3 rings (SSSR count). The van der Waals surface area contributed by atoms with Crippen molar-refractivity contribution in [1.82, 2.24) is 4.90 Å². The summed E-state index contributed by atoms with van der Waals surface area (Å²) in [5.74, 6) is 0.629. The van der Waals surface area contributed by atoms with Crippen molar-refractivity contribution in [2.45, 2.75) is 39.7 Å². The number of amides is 1. The minimum Gasteiger partial charge on any atom is -0.450 e. The number of likely N-dealkylation sites (tertiary alicyclic amines) is 1. The zero-order valence-corrected chi connectivity index (χ0v) is 13.4. The quantitative estimate of drug-likeness (QED) is 0.926. The maximum absolute atomic E-state index is 12.9. The van der Waals surface area contributed by atoms with Crippen molar-refractivity contribution in [2.75, 3.05) is 13.2 Å². The molecule has 2 atom stereocenters. The number of nitrogens with zero attached hydrogens (tertiary/aromatic N) is 1. The molecule has 0 saturated carbocycles. The number of aliphatic hydroxyl groups is 1. The number of hydrogen-bond donors (Lipinski definition) is 1. The number of para-hydroxylation sites is 1. The smallest absolute Gasteiger partial charge is 0.290 e. The summed E-state index contributed by atoms with van der Waals surface area (Å²) < 4.78 is 5.90. The first-order valence-electron chi connectivity index (χ1n) is 7.95. The molecule has 1 aliphatic heterocycles. The SMILES string of the molecule is Cc1c(C(=O)N2CCCC(C)C2CO)oc2c(C)cccc12. The Morgan fingerprint density at radius 1 is 1.41 bits per heavy atom. The summed E-state index contributed by atoms with van der Waals surface area (Å²) in [6.45, 7) is 6.70. The Morgan fingerprint density at radius 3 is 2.86 bits per heavy atom. The van der Waals surface area contributed by atoms with Gasteiger partial charge >= 0.3 is 0 Å². The van der Waals surface area contributed by atoms with Crippen LogP contribution in [0, 0.1) is 19.8 Å². The monoisotopic (exact) mass is 301 g/mol. The number of aryl methyl sites for hydroxylation is 2. The molecule has 0 aliphatic carbocycles. The number of carbonyl (C=O) groups is 1. The third-order valence-corrected chi connectivity index (χ3v) is 4.92. The molecule has 0 spiro atoms. The standard InChI is InChI=1S/C18H23NO3/c1-11-7-5-9-19(15(11)10-20)18(21)17-13(3)14-8-4-6-12(2)16(14)22-17/h4,6,8,11,15,20H,5,7,9-10H2,1-3H3. The summed E-state index contributed by atoms with van der Waals surface area (Å²) in [6, 6.07) is 5.84.